The molecular weight excluding hydrogens is 235 g/mol. The lowest BCUT2D eigenvalue weighted by Crippen LogP contribution is -1.92. The first-order valence-electron chi connectivity index (χ1n) is 5.35. The molecule has 2 nitrogen and oxygen atoms in total. The predicted molar refractivity (Wildman–Crippen MR) is 66.2 cm³/mol. The zero-order valence-electron chi connectivity index (χ0n) is 9.35. The van der Waals surface area contributed by atoms with Gasteiger partial charge in [0.15, 0.2) is 0 Å². The van der Waals surface area contributed by atoms with Crippen LogP contribution in [0.25, 0.3) is 11.3 Å². The minimum atomic E-state index is -0.257. The molecule has 0 aliphatic rings. The monoisotopic (exact) mass is 246 g/mol. The first-order chi connectivity index (χ1) is 8.24. The highest BCUT2D eigenvalue weighted by molar-refractivity contribution is 7.10. The molecule has 0 fully saturated rings. The zero-order valence-corrected chi connectivity index (χ0v) is 10.2. The van der Waals surface area contributed by atoms with E-state index in [1.807, 2.05) is 12.3 Å². The van der Waals surface area contributed by atoms with Gasteiger partial charge in [-0.15, -0.1) is 11.3 Å². The van der Waals surface area contributed by atoms with E-state index in [-0.39, 0.29) is 11.7 Å². The number of nitriles is 1. The molecule has 17 heavy (non-hydrogen) atoms. The lowest BCUT2D eigenvalue weighted by atomic mass is 10.1. The van der Waals surface area contributed by atoms with Crippen LogP contribution in [0.15, 0.2) is 29.6 Å². The second-order valence-electron chi connectivity index (χ2n) is 3.67. The molecule has 0 radical (unpaired) electrons. The van der Waals surface area contributed by atoms with Crippen LogP contribution in [-0.4, -0.2) is 4.98 Å². The van der Waals surface area contributed by atoms with Gasteiger partial charge in [0.2, 0.25) is 0 Å². The summed E-state index contributed by atoms with van der Waals surface area (Å²) in [4.78, 5) is 4.43. The molecule has 2 aromatic rings. The summed E-state index contributed by atoms with van der Waals surface area (Å²) in [5.41, 5.74) is 1.68. The molecule has 0 aliphatic heterocycles. The molecule has 4 heteroatoms. The standard InChI is InChI=1S/C13H11FN2S/c1-2-9(7-15)13-16-12(8-17-13)10-3-5-11(14)6-4-10/h3-6,8-9H,2H2,1H3. The van der Waals surface area contributed by atoms with Crippen molar-refractivity contribution in [2.45, 2.75) is 19.3 Å². The average molecular weight is 246 g/mol. The summed E-state index contributed by atoms with van der Waals surface area (Å²) in [6.45, 7) is 1.97. The van der Waals surface area contributed by atoms with E-state index in [1.54, 1.807) is 12.1 Å². The van der Waals surface area contributed by atoms with Crippen molar-refractivity contribution in [3.63, 3.8) is 0 Å². The first-order valence-corrected chi connectivity index (χ1v) is 6.23. The van der Waals surface area contributed by atoms with Crippen LogP contribution in [0, 0.1) is 17.1 Å². The molecule has 2 rings (SSSR count). The maximum Gasteiger partial charge on any atom is 0.123 e. The number of hydrogen-bond acceptors (Lipinski definition) is 3. The van der Waals surface area contributed by atoms with Crippen LogP contribution in [0.1, 0.15) is 24.3 Å². The van der Waals surface area contributed by atoms with Crippen molar-refractivity contribution in [1.82, 2.24) is 4.98 Å². The Kier molecular flexibility index (Phi) is 3.50. The summed E-state index contributed by atoms with van der Waals surface area (Å²) in [5.74, 6) is -0.401. The van der Waals surface area contributed by atoms with E-state index < -0.39 is 0 Å². The smallest absolute Gasteiger partial charge is 0.123 e. The van der Waals surface area contributed by atoms with Crippen LogP contribution >= 0.6 is 11.3 Å². The van der Waals surface area contributed by atoms with Crippen molar-refractivity contribution < 1.29 is 4.39 Å². The molecule has 0 N–H and O–H groups in total. The van der Waals surface area contributed by atoms with E-state index in [0.29, 0.717) is 0 Å². The Labute approximate surface area is 103 Å². The summed E-state index contributed by atoms with van der Waals surface area (Å²) in [6, 6.07) is 8.45. The van der Waals surface area contributed by atoms with E-state index >= 15 is 0 Å². The lowest BCUT2D eigenvalue weighted by molar-refractivity contribution is 0.628. The van der Waals surface area contributed by atoms with Gasteiger partial charge in [0.1, 0.15) is 10.8 Å². The summed E-state index contributed by atoms with van der Waals surface area (Å²) >= 11 is 1.48. The summed E-state index contributed by atoms with van der Waals surface area (Å²) in [7, 11) is 0. The molecule has 0 saturated heterocycles. The minimum Gasteiger partial charge on any atom is -0.240 e. The predicted octanol–water partition coefficient (Wildman–Crippen LogP) is 3.97. The molecule has 1 atom stereocenters. The highest BCUT2D eigenvalue weighted by Gasteiger charge is 2.13. The summed E-state index contributed by atoms with van der Waals surface area (Å²) in [5, 5.41) is 11.7. The molecule has 0 amide bonds. The average Bonchev–Trinajstić information content (AvgIpc) is 2.81. The topological polar surface area (TPSA) is 36.7 Å². The molecule has 0 spiro atoms. The van der Waals surface area contributed by atoms with E-state index in [0.717, 1.165) is 22.7 Å². The molecule has 0 saturated carbocycles. The Morgan fingerprint density at radius 2 is 2.12 bits per heavy atom. The van der Waals surface area contributed by atoms with Crippen LogP contribution in [0.3, 0.4) is 0 Å². The van der Waals surface area contributed by atoms with Gasteiger partial charge in [0.25, 0.3) is 0 Å². The van der Waals surface area contributed by atoms with Crippen molar-refractivity contribution in [1.29, 1.82) is 5.26 Å². The van der Waals surface area contributed by atoms with Crippen molar-refractivity contribution in [3.8, 4) is 17.3 Å². The van der Waals surface area contributed by atoms with Gasteiger partial charge in [-0.1, -0.05) is 6.92 Å². The normalized spacial score (nSPS) is 12.1. The van der Waals surface area contributed by atoms with Crippen LogP contribution < -0.4 is 0 Å². The maximum absolute atomic E-state index is 12.8. The van der Waals surface area contributed by atoms with Crippen molar-refractivity contribution in [2.24, 2.45) is 0 Å². The van der Waals surface area contributed by atoms with Gasteiger partial charge >= 0.3 is 0 Å². The van der Waals surface area contributed by atoms with Gasteiger partial charge in [0.05, 0.1) is 17.7 Å². The molecule has 0 bridgehead atoms. The third-order valence-corrected chi connectivity index (χ3v) is 3.48. The second kappa shape index (κ2) is 5.07. The number of benzene rings is 1. The summed E-state index contributed by atoms with van der Waals surface area (Å²) in [6.07, 6.45) is 0.757. The Morgan fingerprint density at radius 1 is 1.41 bits per heavy atom. The quantitative estimate of drug-likeness (QED) is 0.821. The van der Waals surface area contributed by atoms with Gasteiger partial charge in [-0.3, -0.25) is 0 Å². The van der Waals surface area contributed by atoms with Crippen LogP contribution in [0.2, 0.25) is 0 Å². The SMILES string of the molecule is CCC(C#N)c1nc(-c2ccc(F)cc2)cs1. The van der Waals surface area contributed by atoms with Crippen molar-refractivity contribution >= 4 is 11.3 Å². The fraction of sp³-hybridized carbons (Fsp3) is 0.231. The van der Waals surface area contributed by atoms with Gasteiger partial charge in [-0.05, 0) is 30.7 Å². The molecule has 1 heterocycles. The molecule has 0 aliphatic carbocycles. The highest BCUT2D eigenvalue weighted by Crippen LogP contribution is 2.27. The number of hydrogen-bond donors (Lipinski definition) is 0. The number of rotatable bonds is 3. The lowest BCUT2D eigenvalue weighted by Gasteiger charge is -1.99. The minimum absolute atomic E-state index is 0.144. The van der Waals surface area contributed by atoms with E-state index in [1.165, 1.54) is 23.5 Å². The van der Waals surface area contributed by atoms with E-state index in [9.17, 15) is 4.39 Å². The third kappa shape index (κ3) is 2.51. The Bertz CT molecular complexity index is 539. The number of aromatic nitrogens is 1. The molecule has 1 unspecified atom stereocenters. The fourth-order valence-corrected chi connectivity index (χ4v) is 2.48. The van der Waals surface area contributed by atoms with Crippen LogP contribution in [0.5, 0.6) is 0 Å². The third-order valence-electron chi connectivity index (χ3n) is 2.52. The first kappa shape index (κ1) is 11.7. The maximum atomic E-state index is 12.8. The molecule has 1 aromatic heterocycles. The zero-order chi connectivity index (χ0) is 12.3. The van der Waals surface area contributed by atoms with Crippen LogP contribution in [0.4, 0.5) is 4.39 Å². The van der Waals surface area contributed by atoms with Crippen molar-refractivity contribution in [3.05, 3.63) is 40.5 Å². The molecule has 1 aromatic carbocycles. The second-order valence-corrected chi connectivity index (χ2v) is 4.56. The highest BCUT2D eigenvalue weighted by atomic mass is 32.1. The number of thiazole rings is 1. The van der Waals surface area contributed by atoms with E-state index in [4.69, 9.17) is 5.26 Å². The van der Waals surface area contributed by atoms with Crippen LogP contribution in [-0.2, 0) is 0 Å². The fourth-order valence-electron chi connectivity index (χ4n) is 1.52. The Hall–Kier alpha value is -1.73. The van der Waals surface area contributed by atoms with Gasteiger partial charge in [0, 0.05) is 10.9 Å². The van der Waals surface area contributed by atoms with Crippen molar-refractivity contribution in [2.75, 3.05) is 0 Å². The molecular formula is C13H11FN2S. The Balaban J connectivity index is 2.30. The van der Waals surface area contributed by atoms with Gasteiger partial charge in [-0.2, -0.15) is 5.26 Å². The summed E-state index contributed by atoms with van der Waals surface area (Å²) < 4.78 is 12.8. The largest absolute Gasteiger partial charge is 0.240 e. The number of halogens is 1. The van der Waals surface area contributed by atoms with Gasteiger partial charge in [-0.25, -0.2) is 9.37 Å². The van der Waals surface area contributed by atoms with Gasteiger partial charge < -0.3 is 0 Å². The Morgan fingerprint density at radius 3 is 2.71 bits per heavy atom. The van der Waals surface area contributed by atoms with E-state index in [2.05, 4.69) is 11.1 Å². The number of nitrogens with zero attached hydrogens (tertiary/aromatic N) is 2. The molecule has 86 valence electrons.